The molecule has 0 aromatic carbocycles. The van der Waals surface area contributed by atoms with E-state index >= 15 is 0 Å². The zero-order valence-electron chi connectivity index (χ0n) is 9.90. The zero-order valence-corrected chi connectivity index (χ0v) is 10.7. The largest absolute Gasteiger partial charge is 0.344 e. The lowest BCUT2D eigenvalue weighted by Gasteiger charge is -2.25. The number of amides is 1. The van der Waals surface area contributed by atoms with Gasteiger partial charge in [-0.25, -0.2) is 0 Å². The molecular weight excluding hydrogens is 222 g/mol. The van der Waals surface area contributed by atoms with Crippen LogP contribution in [0.1, 0.15) is 13.3 Å². The molecule has 0 bridgehead atoms. The lowest BCUT2D eigenvalue weighted by molar-refractivity contribution is -0.130. The van der Waals surface area contributed by atoms with Gasteiger partial charge in [0.2, 0.25) is 5.91 Å². The maximum atomic E-state index is 11.8. The second-order valence-electron chi connectivity index (χ2n) is 4.23. The number of thioether (sulfide) groups is 1. The van der Waals surface area contributed by atoms with Crippen LogP contribution in [0.25, 0.3) is 0 Å². The summed E-state index contributed by atoms with van der Waals surface area (Å²) in [7, 11) is 1.77. The van der Waals surface area contributed by atoms with E-state index in [1.165, 1.54) is 0 Å². The molecule has 16 heavy (non-hydrogen) atoms. The van der Waals surface area contributed by atoms with E-state index in [-0.39, 0.29) is 11.8 Å². The minimum Gasteiger partial charge on any atom is -0.344 e. The van der Waals surface area contributed by atoms with E-state index in [1.807, 2.05) is 18.7 Å². The molecule has 1 saturated heterocycles. The van der Waals surface area contributed by atoms with Gasteiger partial charge in [0, 0.05) is 44.1 Å². The Balaban J connectivity index is 2.30. The smallest absolute Gasteiger partial charge is 0.223 e. The van der Waals surface area contributed by atoms with Crippen LogP contribution in [0.4, 0.5) is 0 Å². The van der Waals surface area contributed by atoms with Gasteiger partial charge in [-0.2, -0.15) is 17.0 Å². The van der Waals surface area contributed by atoms with Crippen LogP contribution in [0.3, 0.4) is 0 Å². The monoisotopic (exact) mass is 241 g/mol. The first-order chi connectivity index (χ1) is 7.63. The molecule has 2 atom stereocenters. The standard InChI is InChI=1S/C11H19N3OS/c1-9(6-12)7-14(2)11(15)5-10-8-16-4-3-13-10/h9-10,13H,3-5,7-8H2,1-2H3. The van der Waals surface area contributed by atoms with Crippen LogP contribution in [-0.2, 0) is 4.79 Å². The van der Waals surface area contributed by atoms with Crippen molar-refractivity contribution in [2.24, 2.45) is 5.92 Å². The Morgan fingerprint density at radius 1 is 1.75 bits per heavy atom. The van der Waals surface area contributed by atoms with E-state index in [9.17, 15) is 4.79 Å². The SMILES string of the molecule is CC(C#N)CN(C)C(=O)CC1CSCCN1. The van der Waals surface area contributed by atoms with Crippen molar-refractivity contribution in [3.63, 3.8) is 0 Å². The predicted molar refractivity (Wildman–Crippen MR) is 66.1 cm³/mol. The fraction of sp³-hybridized carbons (Fsp3) is 0.818. The van der Waals surface area contributed by atoms with Gasteiger partial charge in [0.25, 0.3) is 0 Å². The number of nitrogens with one attached hydrogen (secondary N) is 1. The van der Waals surface area contributed by atoms with Gasteiger partial charge in [-0.15, -0.1) is 0 Å². The van der Waals surface area contributed by atoms with Crippen molar-refractivity contribution in [3.8, 4) is 6.07 Å². The summed E-state index contributed by atoms with van der Waals surface area (Å²) in [5.74, 6) is 2.17. The quantitative estimate of drug-likeness (QED) is 0.787. The van der Waals surface area contributed by atoms with Gasteiger partial charge in [-0.05, 0) is 6.92 Å². The second-order valence-corrected chi connectivity index (χ2v) is 5.38. The third kappa shape index (κ3) is 4.42. The van der Waals surface area contributed by atoms with Crippen molar-refractivity contribution in [1.82, 2.24) is 10.2 Å². The fourth-order valence-corrected chi connectivity index (χ4v) is 2.62. The van der Waals surface area contributed by atoms with Gasteiger partial charge in [0.1, 0.15) is 0 Å². The zero-order chi connectivity index (χ0) is 12.0. The minimum atomic E-state index is -0.0948. The van der Waals surface area contributed by atoms with Crippen molar-refractivity contribution in [3.05, 3.63) is 0 Å². The number of rotatable bonds is 4. The van der Waals surface area contributed by atoms with Crippen LogP contribution in [0.15, 0.2) is 0 Å². The highest BCUT2D eigenvalue weighted by atomic mass is 32.2. The van der Waals surface area contributed by atoms with Crippen LogP contribution in [-0.4, -0.2) is 48.5 Å². The fourth-order valence-electron chi connectivity index (χ4n) is 1.67. The number of nitriles is 1. The highest BCUT2D eigenvalue weighted by molar-refractivity contribution is 7.99. The van der Waals surface area contributed by atoms with Crippen molar-refractivity contribution in [2.45, 2.75) is 19.4 Å². The van der Waals surface area contributed by atoms with Gasteiger partial charge < -0.3 is 10.2 Å². The second kappa shape index (κ2) is 6.77. The average molecular weight is 241 g/mol. The number of carbonyl (C=O) groups excluding carboxylic acids is 1. The summed E-state index contributed by atoms with van der Waals surface area (Å²) in [6.07, 6.45) is 0.543. The van der Waals surface area contributed by atoms with Gasteiger partial charge in [-0.3, -0.25) is 4.79 Å². The number of nitrogens with zero attached hydrogens (tertiary/aromatic N) is 2. The number of hydrogen-bond acceptors (Lipinski definition) is 4. The Labute approximate surface area is 101 Å². The van der Waals surface area contributed by atoms with E-state index in [1.54, 1.807) is 11.9 Å². The molecule has 1 heterocycles. The molecule has 0 saturated carbocycles. The Kier molecular flexibility index (Phi) is 5.64. The molecule has 2 unspecified atom stereocenters. The first-order valence-corrected chi connectivity index (χ1v) is 6.73. The molecule has 0 aromatic heterocycles. The third-order valence-corrected chi connectivity index (χ3v) is 3.74. The van der Waals surface area contributed by atoms with Crippen molar-refractivity contribution in [1.29, 1.82) is 5.26 Å². The molecule has 1 fully saturated rings. The maximum Gasteiger partial charge on any atom is 0.223 e. The Bertz CT molecular complexity index is 271. The molecule has 0 aliphatic carbocycles. The molecule has 5 heteroatoms. The van der Waals surface area contributed by atoms with Gasteiger partial charge in [-0.1, -0.05) is 0 Å². The molecular formula is C11H19N3OS. The van der Waals surface area contributed by atoms with E-state index in [0.29, 0.717) is 19.0 Å². The van der Waals surface area contributed by atoms with Crippen LogP contribution in [0.2, 0.25) is 0 Å². The van der Waals surface area contributed by atoms with Crippen molar-refractivity contribution in [2.75, 3.05) is 31.6 Å². The van der Waals surface area contributed by atoms with E-state index in [4.69, 9.17) is 5.26 Å². The summed E-state index contributed by atoms with van der Waals surface area (Å²) < 4.78 is 0. The third-order valence-electron chi connectivity index (χ3n) is 2.61. The molecule has 1 rings (SSSR count). The first-order valence-electron chi connectivity index (χ1n) is 5.58. The van der Waals surface area contributed by atoms with Crippen molar-refractivity contribution < 1.29 is 4.79 Å². The summed E-state index contributed by atoms with van der Waals surface area (Å²) in [5, 5.41) is 12.0. The topological polar surface area (TPSA) is 56.1 Å². The Morgan fingerprint density at radius 3 is 3.06 bits per heavy atom. The van der Waals surface area contributed by atoms with E-state index in [0.717, 1.165) is 18.1 Å². The van der Waals surface area contributed by atoms with Crippen molar-refractivity contribution >= 4 is 17.7 Å². The van der Waals surface area contributed by atoms with Crippen LogP contribution < -0.4 is 5.32 Å². The summed E-state index contributed by atoms with van der Waals surface area (Å²) in [4.78, 5) is 13.5. The number of hydrogen-bond donors (Lipinski definition) is 1. The molecule has 1 N–H and O–H groups in total. The molecule has 0 spiro atoms. The lowest BCUT2D eigenvalue weighted by Crippen LogP contribution is -2.42. The van der Waals surface area contributed by atoms with Gasteiger partial charge in [0.15, 0.2) is 0 Å². The number of carbonyl (C=O) groups is 1. The highest BCUT2D eigenvalue weighted by Gasteiger charge is 2.19. The highest BCUT2D eigenvalue weighted by Crippen LogP contribution is 2.11. The molecule has 4 nitrogen and oxygen atoms in total. The molecule has 90 valence electrons. The summed E-state index contributed by atoms with van der Waals surface area (Å²) >= 11 is 1.89. The van der Waals surface area contributed by atoms with E-state index < -0.39 is 0 Å². The summed E-state index contributed by atoms with van der Waals surface area (Å²) in [5.41, 5.74) is 0. The lowest BCUT2D eigenvalue weighted by atomic mass is 10.1. The van der Waals surface area contributed by atoms with E-state index in [2.05, 4.69) is 11.4 Å². The maximum absolute atomic E-state index is 11.8. The van der Waals surface area contributed by atoms with Gasteiger partial charge >= 0.3 is 0 Å². The Hall–Kier alpha value is -0.730. The summed E-state index contributed by atoms with van der Waals surface area (Å²) in [6, 6.07) is 2.44. The minimum absolute atomic E-state index is 0.0948. The normalized spacial score (nSPS) is 22.2. The molecule has 0 aromatic rings. The van der Waals surface area contributed by atoms with Gasteiger partial charge in [0.05, 0.1) is 12.0 Å². The predicted octanol–water partition coefficient (Wildman–Crippen LogP) is 0.700. The van der Waals surface area contributed by atoms with Crippen LogP contribution in [0, 0.1) is 17.2 Å². The first kappa shape index (κ1) is 13.3. The summed E-state index contributed by atoms with van der Waals surface area (Å²) in [6.45, 7) is 3.34. The average Bonchev–Trinajstić information content (AvgIpc) is 2.30. The Morgan fingerprint density at radius 2 is 2.50 bits per heavy atom. The molecule has 0 radical (unpaired) electrons. The molecule has 1 aliphatic heterocycles. The molecule has 1 aliphatic rings. The van der Waals surface area contributed by atoms with Crippen LogP contribution in [0.5, 0.6) is 0 Å². The van der Waals surface area contributed by atoms with Crippen LogP contribution >= 0.6 is 11.8 Å². The molecule has 1 amide bonds.